The molecule has 1 aliphatic carbocycles. The molecule has 1 saturated heterocycles. The van der Waals surface area contributed by atoms with Gasteiger partial charge in [0.2, 0.25) is 11.6 Å². The fourth-order valence-electron chi connectivity index (χ4n) is 4.41. The number of aryl methyl sites for hydroxylation is 1. The minimum Gasteiger partial charge on any atom is -0.378 e. The highest BCUT2D eigenvalue weighted by molar-refractivity contribution is 6.05. The number of fused-ring (bicyclic) bond motifs is 1. The molecular formula is C21H25N9O2. The van der Waals surface area contributed by atoms with E-state index in [0.29, 0.717) is 18.3 Å². The van der Waals surface area contributed by atoms with E-state index < -0.39 is 5.91 Å². The fraction of sp³-hybridized carbons (Fsp3) is 0.429. The van der Waals surface area contributed by atoms with Gasteiger partial charge in [-0.2, -0.15) is 9.78 Å². The second-order valence-electron chi connectivity index (χ2n) is 8.24. The first-order valence-electron chi connectivity index (χ1n) is 10.8. The number of rotatable bonds is 5. The van der Waals surface area contributed by atoms with Crippen molar-refractivity contribution >= 4 is 17.4 Å². The summed E-state index contributed by atoms with van der Waals surface area (Å²) >= 11 is 0. The number of hydrazone groups is 1. The predicted octanol–water partition coefficient (Wildman–Crippen LogP) is 1.69. The van der Waals surface area contributed by atoms with E-state index in [0.717, 1.165) is 43.5 Å². The molecule has 3 aromatic rings. The first kappa shape index (κ1) is 20.3. The van der Waals surface area contributed by atoms with Gasteiger partial charge >= 0.3 is 0 Å². The van der Waals surface area contributed by atoms with E-state index in [-0.39, 0.29) is 17.3 Å². The second kappa shape index (κ2) is 8.50. The van der Waals surface area contributed by atoms with E-state index in [4.69, 9.17) is 10.4 Å². The normalized spacial score (nSPS) is 19.9. The maximum absolute atomic E-state index is 13.1. The third-order valence-electron chi connectivity index (χ3n) is 6.22. The number of aromatic nitrogens is 5. The Morgan fingerprint density at radius 1 is 1.28 bits per heavy atom. The quantitative estimate of drug-likeness (QED) is 0.577. The summed E-state index contributed by atoms with van der Waals surface area (Å²) in [6, 6.07) is 8.47. The maximum atomic E-state index is 13.1. The Bertz CT molecular complexity index is 1170. The van der Waals surface area contributed by atoms with Crippen molar-refractivity contribution in [3.8, 4) is 5.82 Å². The van der Waals surface area contributed by atoms with Gasteiger partial charge in [-0.25, -0.2) is 10.1 Å². The van der Waals surface area contributed by atoms with Crippen molar-refractivity contribution in [1.29, 1.82) is 0 Å². The Balaban J connectivity index is 1.44. The van der Waals surface area contributed by atoms with Crippen LogP contribution in [0.4, 0.5) is 5.82 Å². The topological polar surface area (TPSA) is 140 Å². The van der Waals surface area contributed by atoms with E-state index in [1.54, 1.807) is 0 Å². The van der Waals surface area contributed by atoms with Crippen LogP contribution >= 0.6 is 0 Å². The minimum atomic E-state index is -0.428. The highest BCUT2D eigenvalue weighted by Crippen LogP contribution is 2.24. The van der Waals surface area contributed by atoms with Crippen molar-refractivity contribution in [1.82, 2.24) is 35.6 Å². The molecule has 0 radical (unpaired) electrons. The van der Waals surface area contributed by atoms with Gasteiger partial charge in [-0.05, 0) is 55.0 Å². The Morgan fingerprint density at radius 2 is 2.16 bits per heavy atom. The molecule has 5 rings (SSSR count). The van der Waals surface area contributed by atoms with E-state index in [1.165, 1.54) is 16.7 Å². The van der Waals surface area contributed by atoms with Crippen LogP contribution in [0.15, 0.2) is 34.0 Å². The zero-order chi connectivity index (χ0) is 22.1. The molecule has 0 spiro atoms. The van der Waals surface area contributed by atoms with E-state index in [9.17, 15) is 4.79 Å². The third kappa shape index (κ3) is 3.75. The number of hydrogen-bond donors (Lipinski definition) is 2. The summed E-state index contributed by atoms with van der Waals surface area (Å²) in [5.41, 5.74) is 12.5. The standard InChI is InChI=1S/C21H25N9O2/c1-13-6-4-5-11-29(13)12-17-18(24-28-30(17)20-19(22)26-32-27-20)21(31)25-23-16-10-9-14-7-2-3-8-15(14)16/h2-3,7-8,13H,4-6,9-12H2,1H3,(H2,22,26)(H,25,31)/b23-16+/t13-/m0/s1. The number of carbonyl (C=O) groups excluding carboxylic acids is 1. The van der Waals surface area contributed by atoms with E-state index in [1.807, 2.05) is 18.2 Å². The van der Waals surface area contributed by atoms with Crippen LogP contribution < -0.4 is 11.2 Å². The lowest BCUT2D eigenvalue weighted by Crippen LogP contribution is -2.38. The number of nitrogen functional groups attached to an aromatic ring is 1. The number of hydrogen-bond acceptors (Lipinski definition) is 9. The van der Waals surface area contributed by atoms with Gasteiger partial charge in [0.15, 0.2) is 5.69 Å². The third-order valence-corrected chi connectivity index (χ3v) is 6.22. The zero-order valence-electron chi connectivity index (χ0n) is 17.9. The molecule has 32 heavy (non-hydrogen) atoms. The van der Waals surface area contributed by atoms with E-state index in [2.05, 4.69) is 49.0 Å². The lowest BCUT2D eigenvalue weighted by atomic mass is 10.0. The average molecular weight is 435 g/mol. The SMILES string of the molecule is C[C@H]1CCCCN1Cc1c(C(=O)N/N=C2\CCc3ccccc32)nnn1-c1nonc1N. The molecule has 1 aliphatic heterocycles. The van der Waals surface area contributed by atoms with Crippen molar-refractivity contribution in [3.63, 3.8) is 0 Å². The number of anilines is 1. The Hall–Kier alpha value is -3.60. The molecule has 1 amide bonds. The number of amides is 1. The first-order valence-corrected chi connectivity index (χ1v) is 10.8. The van der Waals surface area contributed by atoms with Crippen molar-refractivity contribution < 1.29 is 9.42 Å². The molecule has 11 nitrogen and oxygen atoms in total. The highest BCUT2D eigenvalue weighted by Gasteiger charge is 2.28. The summed E-state index contributed by atoms with van der Waals surface area (Å²) in [7, 11) is 0. The summed E-state index contributed by atoms with van der Waals surface area (Å²) < 4.78 is 6.16. The van der Waals surface area contributed by atoms with Crippen molar-refractivity contribution in [2.45, 2.75) is 51.6 Å². The molecule has 3 N–H and O–H groups in total. The van der Waals surface area contributed by atoms with Gasteiger partial charge in [0.1, 0.15) is 0 Å². The Kier molecular flexibility index (Phi) is 5.39. The molecule has 166 valence electrons. The van der Waals surface area contributed by atoms with Gasteiger partial charge in [0.25, 0.3) is 5.91 Å². The fourth-order valence-corrected chi connectivity index (χ4v) is 4.41. The van der Waals surface area contributed by atoms with Crippen LogP contribution in [0, 0.1) is 0 Å². The second-order valence-corrected chi connectivity index (χ2v) is 8.24. The molecule has 0 bridgehead atoms. The number of likely N-dealkylation sites (tertiary alicyclic amines) is 1. The summed E-state index contributed by atoms with van der Waals surface area (Å²) in [6.45, 7) is 3.59. The predicted molar refractivity (Wildman–Crippen MR) is 116 cm³/mol. The monoisotopic (exact) mass is 435 g/mol. The lowest BCUT2D eigenvalue weighted by molar-refractivity contribution is 0.0944. The van der Waals surface area contributed by atoms with Crippen LogP contribution in [0.25, 0.3) is 5.82 Å². The van der Waals surface area contributed by atoms with Gasteiger partial charge in [0, 0.05) is 18.2 Å². The first-order chi connectivity index (χ1) is 15.6. The van der Waals surface area contributed by atoms with Gasteiger partial charge < -0.3 is 5.73 Å². The number of carbonyl (C=O) groups is 1. The molecule has 1 aromatic carbocycles. The van der Waals surface area contributed by atoms with Crippen LogP contribution in [-0.4, -0.2) is 54.4 Å². The van der Waals surface area contributed by atoms with Crippen molar-refractivity contribution in [2.24, 2.45) is 5.10 Å². The Labute approximate surface area is 184 Å². The zero-order valence-corrected chi connectivity index (χ0v) is 17.9. The molecule has 0 unspecified atom stereocenters. The van der Waals surface area contributed by atoms with Crippen LogP contribution in [0.3, 0.4) is 0 Å². The largest absolute Gasteiger partial charge is 0.378 e. The minimum absolute atomic E-state index is 0.0811. The molecule has 1 atom stereocenters. The summed E-state index contributed by atoms with van der Waals surface area (Å²) in [5.74, 6) is -0.132. The van der Waals surface area contributed by atoms with Crippen molar-refractivity contribution in [3.05, 3.63) is 46.8 Å². The summed E-state index contributed by atoms with van der Waals surface area (Å²) in [5, 5.41) is 20.1. The number of nitrogens with one attached hydrogen (secondary N) is 1. The highest BCUT2D eigenvalue weighted by atomic mass is 16.6. The molecule has 3 heterocycles. The van der Waals surface area contributed by atoms with Crippen LogP contribution in [0.5, 0.6) is 0 Å². The van der Waals surface area contributed by atoms with Gasteiger partial charge in [-0.1, -0.05) is 35.9 Å². The van der Waals surface area contributed by atoms with E-state index >= 15 is 0 Å². The number of benzene rings is 1. The summed E-state index contributed by atoms with van der Waals surface area (Å²) in [6.07, 6.45) is 5.10. The van der Waals surface area contributed by atoms with Crippen LogP contribution in [-0.2, 0) is 13.0 Å². The number of nitrogens with two attached hydrogens (primary N) is 1. The van der Waals surface area contributed by atoms with Gasteiger partial charge in [0.05, 0.1) is 11.4 Å². The molecule has 2 aliphatic rings. The molecular weight excluding hydrogens is 410 g/mol. The smallest absolute Gasteiger partial charge is 0.293 e. The lowest BCUT2D eigenvalue weighted by Gasteiger charge is -2.33. The van der Waals surface area contributed by atoms with Gasteiger partial charge in [-0.15, -0.1) is 5.10 Å². The van der Waals surface area contributed by atoms with Crippen molar-refractivity contribution in [2.75, 3.05) is 12.3 Å². The number of piperidine rings is 1. The molecule has 0 saturated carbocycles. The average Bonchev–Trinajstić information content (AvgIpc) is 3.52. The molecule has 2 aromatic heterocycles. The Morgan fingerprint density at radius 3 is 2.97 bits per heavy atom. The van der Waals surface area contributed by atoms with Crippen LogP contribution in [0.2, 0.25) is 0 Å². The summed E-state index contributed by atoms with van der Waals surface area (Å²) in [4.78, 5) is 15.4. The van der Waals surface area contributed by atoms with Gasteiger partial charge in [-0.3, -0.25) is 9.69 Å². The molecule has 1 fully saturated rings. The van der Waals surface area contributed by atoms with Crippen LogP contribution in [0.1, 0.15) is 59.9 Å². The maximum Gasteiger partial charge on any atom is 0.293 e. The number of nitrogens with zero attached hydrogens (tertiary/aromatic N) is 7. The molecule has 11 heteroatoms.